The lowest BCUT2D eigenvalue weighted by atomic mass is 10.1. The van der Waals surface area contributed by atoms with Gasteiger partial charge in [0, 0.05) is 5.56 Å². The van der Waals surface area contributed by atoms with Gasteiger partial charge >= 0.3 is 0 Å². The molecule has 0 aliphatic carbocycles. The van der Waals surface area contributed by atoms with Crippen molar-refractivity contribution in [2.75, 3.05) is 14.2 Å². The topological polar surface area (TPSA) is 44.8 Å². The molecule has 4 nitrogen and oxygen atoms in total. The summed E-state index contributed by atoms with van der Waals surface area (Å²) in [7, 11) is 3.20. The van der Waals surface area contributed by atoms with Crippen molar-refractivity contribution in [3.8, 4) is 17.2 Å². The van der Waals surface area contributed by atoms with E-state index in [1.807, 2.05) is 48.5 Å². The van der Waals surface area contributed by atoms with Crippen molar-refractivity contribution in [3.63, 3.8) is 0 Å². The van der Waals surface area contributed by atoms with E-state index >= 15 is 0 Å². The molecule has 0 radical (unpaired) electrons. The second-order valence-electron chi connectivity index (χ2n) is 6.11. The van der Waals surface area contributed by atoms with Gasteiger partial charge < -0.3 is 14.2 Å². The molecule has 0 aliphatic heterocycles. The van der Waals surface area contributed by atoms with Gasteiger partial charge in [0.25, 0.3) is 0 Å². The van der Waals surface area contributed by atoms with E-state index < -0.39 is 0 Å². The minimum atomic E-state index is -0.0785. The van der Waals surface area contributed by atoms with Gasteiger partial charge in [-0.1, -0.05) is 42.5 Å². The highest BCUT2D eigenvalue weighted by atomic mass is 16.5. The molecule has 0 saturated carbocycles. The van der Waals surface area contributed by atoms with Gasteiger partial charge in [-0.25, -0.2) is 0 Å². The van der Waals surface area contributed by atoms with Gasteiger partial charge in [-0.3, -0.25) is 4.79 Å². The van der Waals surface area contributed by atoms with E-state index in [9.17, 15) is 4.79 Å². The van der Waals surface area contributed by atoms with E-state index in [0.717, 1.165) is 16.9 Å². The van der Waals surface area contributed by atoms with Crippen LogP contribution in [0, 0.1) is 0 Å². The number of carbonyl (C=O) groups is 1. The molecule has 0 saturated heterocycles. The van der Waals surface area contributed by atoms with Crippen LogP contribution in [0.25, 0.3) is 6.08 Å². The molecular weight excluding hydrogens is 352 g/mol. The van der Waals surface area contributed by atoms with Crippen molar-refractivity contribution in [2.24, 2.45) is 0 Å². The third kappa shape index (κ3) is 5.01. The summed E-state index contributed by atoms with van der Waals surface area (Å²) in [6.07, 6.45) is 3.31. The maximum Gasteiger partial charge on any atom is 0.185 e. The van der Waals surface area contributed by atoms with Gasteiger partial charge in [0.15, 0.2) is 17.3 Å². The Bertz CT molecular complexity index is 944. The summed E-state index contributed by atoms with van der Waals surface area (Å²) in [4.78, 5) is 12.4. The number of ketones is 1. The summed E-state index contributed by atoms with van der Waals surface area (Å²) < 4.78 is 16.4. The SMILES string of the molecule is COc1ccc(C(=O)C=Cc2ccc(OC)c(OCc3ccccc3)c2)cc1. The van der Waals surface area contributed by atoms with Gasteiger partial charge in [0.2, 0.25) is 0 Å². The second kappa shape index (κ2) is 9.42. The Kier molecular flexibility index (Phi) is 6.47. The first-order valence-corrected chi connectivity index (χ1v) is 8.91. The molecule has 0 atom stereocenters. The molecule has 0 amide bonds. The average molecular weight is 374 g/mol. The molecule has 0 bridgehead atoms. The van der Waals surface area contributed by atoms with Gasteiger partial charge in [-0.2, -0.15) is 0 Å². The highest BCUT2D eigenvalue weighted by molar-refractivity contribution is 6.06. The summed E-state index contributed by atoms with van der Waals surface area (Å²) in [5.41, 5.74) is 2.53. The van der Waals surface area contributed by atoms with E-state index in [2.05, 4.69) is 0 Å². The lowest BCUT2D eigenvalue weighted by molar-refractivity contribution is 0.104. The Morgan fingerprint density at radius 3 is 2.29 bits per heavy atom. The first-order valence-electron chi connectivity index (χ1n) is 8.91. The summed E-state index contributed by atoms with van der Waals surface area (Å²) >= 11 is 0. The lowest BCUT2D eigenvalue weighted by Crippen LogP contribution is -1.98. The maximum atomic E-state index is 12.4. The van der Waals surface area contributed by atoms with Crippen molar-refractivity contribution in [3.05, 3.63) is 95.6 Å². The number of hydrogen-bond acceptors (Lipinski definition) is 4. The van der Waals surface area contributed by atoms with E-state index in [1.54, 1.807) is 50.6 Å². The van der Waals surface area contributed by atoms with Crippen LogP contribution in [0.2, 0.25) is 0 Å². The molecule has 28 heavy (non-hydrogen) atoms. The van der Waals surface area contributed by atoms with Gasteiger partial charge in [0.1, 0.15) is 12.4 Å². The first-order chi connectivity index (χ1) is 13.7. The molecule has 0 spiro atoms. The molecule has 0 aliphatic rings. The van der Waals surface area contributed by atoms with E-state index in [0.29, 0.717) is 23.7 Å². The van der Waals surface area contributed by atoms with Crippen molar-refractivity contribution in [1.82, 2.24) is 0 Å². The first kappa shape index (κ1) is 19.2. The molecular formula is C24H22O4. The van der Waals surface area contributed by atoms with Crippen molar-refractivity contribution in [2.45, 2.75) is 6.61 Å². The van der Waals surface area contributed by atoms with Gasteiger partial charge in [-0.15, -0.1) is 0 Å². The fraction of sp³-hybridized carbons (Fsp3) is 0.125. The molecule has 0 unspecified atom stereocenters. The molecule has 0 heterocycles. The predicted molar refractivity (Wildman–Crippen MR) is 110 cm³/mol. The number of hydrogen-bond donors (Lipinski definition) is 0. The summed E-state index contributed by atoms with van der Waals surface area (Å²) in [5.74, 6) is 1.92. The molecule has 142 valence electrons. The van der Waals surface area contributed by atoms with Crippen LogP contribution in [-0.4, -0.2) is 20.0 Å². The van der Waals surface area contributed by atoms with E-state index in [4.69, 9.17) is 14.2 Å². The highest BCUT2D eigenvalue weighted by Crippen LogP contribution is 2.29. The van der Waals surface area contributed by atoms with Crippen LogP contribution in [0.3, 0.4) is 0 Å². The Balaban J connectivity index is 1.72. The summed E-state index contributed by atoms with van der Waals surface area (Å²) in [6, 6.07) is 22.5. The third-order valence-corrected chi connectivity index (χ3v) is 4.23. The van der Waals surface area contributed by atoms with E-state index in [-0.39, 0.29) is 5.78 Å². The van der Waals surface area contributed by atoms with Crippen molar-refractivity contribution < 1.29 is 19.0 Å². The zero-order chi connectivity index (χ0) is 19.8. The fourth-order valence-corrected chi connectivity index (χ4v) is 2.67. The smallest absolute Gasteiger partial charge is 0.185 e. The van der Waals surface area contributed by atoms with Crippen LogP contribution in [0.15, 0.2) is 78.9 Å². The molecule has 3 rings (SSSR count). The minimum absolute atomic E-state index is 0.0785. The standard InChI is InChI=1S/C24H22O4/c1-26-21-12-10-20(11-13-21)22(25)14-8-18-9-15-23(27-2)24(16-18)28-17-19-6-4-3-5-7-19/h3-16H,17H2,1-2H3. The zero-order valence-corrected chi connectivity index (χ0v) is 15.9. The number of ether oxygens (including phenoxy) is 3. The third-order valence-electron chi connectivity index (χ3n) is 4.23. The Morgan fingerprint density at radius 1 is 0.857 bits per heavy atom. The Labute approximate surface area is 165 Å². The number of benzene rings is 3. The maximum absolute atomic E-state index is 12.4. The highest BCUT2D eigenvalue weighted by Gasteiger charge is 2.07. The van der Waals surface area contributed by atoms with Crippen LogP contribution >= 0.6 is 0 Å². The minimum Gasteiger partial charge on any atom is -0.497 e. The van der Waals surface area contributed by atoms with E-state index in [1.165, 1.54) is 0 Å². The van der Waals surface area contributed by atoms with Crippen LogP contribution in [0.5, 0.6) is 17.2 Å². The second-order valence-corrected chi connectivity index (χ2v) is 6.11. The van der Waals surface area contributed by atoms with Crippen LogP contribution in [0.4, 0.5) is 0 Å². The summed E-state index contributed by atoms with van der Waals surface area (Å²) in [6.45, 7) is 0.440. The molecule has 3 aromatic rings. The quantitative estimate of drug-likeness (QED) is 0.403. The van der Waals surface area contributed by atoms with Crippen molar-refractivity contribution in [1.29, 1.82) is 0 Å². The number of rotatable bonds is 8. The normalized spacial score (nSPS) is 10.6. The number of carbonyl (C=O) groups excluding carboxylic acids is 1. The lowest BCUT2D eigenvalue weighted by Gasteiger charge is -2.11. The van der Waals surface area contributed by atoms with Crippen LogP contribution in [-0.2, 0) is 6.61 Å². The van der Waals surface area contributed by atoms with Crippen molar-refractivity contribution >= 4 is 11.9 Å². The van der Waals surface area contributed by atoms with Crippen LogP contribution < -0.4 is 14.2 Å². The molecule has 0 fully saturated rings. The molecule has 0 aromatic heterocycles. The van der Waals surface area contributed by atoms with Crippen LogP contribution in [0.1, 0.15) is 21.5 Å². The van der Waals surface area contributed by atoms with Gasteiger partial charge in [-0.05, 0) is 53.6 Å². The summed E-state index contributed by atoms with van der Waals surface area (Å²) in [5, 5.41) is 0. The number of methoxy groups -OCH3 is 2. The Morgan fingerprint density at radius 2 is 1.61 bits per heavy atom. The average Bonchev–Trinajstić information content (AvgIpc) is 2.76. The Hall–Kier alpha value is -3.53. The zero-order valence-electron chi connectivity index (χ0n) is 15.9. The molecule has 0 N–H and O–H groups in total. The fourth-order valence-electron chi connectivity index (χ4n) is 2.67. The molecule has 4 heteroatoms. The largest absolute Gasteiger partial charge is 0.497 e. The molecule has 3 aromatic carbocycles. The monoisotopic (exact) mass is 374 g/mol. The predicted octanol–water partition coefficient (Wildman–Crippen LogP) is 5.18. The number of allylic oxidation sites excluding steroid dienone is 1. The van der Waals surface area contributed by atoms with Gasteiger partial charge in [0.05, 0.1) is 14.2 Å².